The number of carbonyl (C=O) groups excluding carboxylic acids is 2. The van der Waals surface area contributed by atoms with Crippen molar-refractivity contribution in [2.75, 3.05) is 23.3 Å². The van der Waals surface area contributed by atoms with Crippen LogP contribution in [0.4, 0.5) is 24.5 Å². The molecule has 1 aliphatic heterocycles. The molecule has 1 heterocycles. The Morgan fingerprint density at radius 1 is 0.886 bits per heavy atom. The minimum atomic E-state index is -4.47. The number of nitrogens with zero attached hydrogens (tertiary/aromatic N) is 1. The number of halogens is 3. The number of amides is 2. The lowest BCUT2D eigenvalue weighted by Crippen LogP contribution is -2.29. The SMILES string of the molecule is CC(NC(=O)c1cc(NC(=O)c2ccc(C(F)(F)F)cc2)ccc1N1CCCC1)c1ccccc1. The van der Waals surface area contributed by atoms with Gasteiger partial charge in [0.25, 0.3) is 11.8 Å². The molecule has 3 aromatic rings. The first kappa shape index (κ1) is 24.3. The molecular weight excluding hydrogens is 455 g/mol. The lowest BCUT2D eigenvalue weighted by molar-refractivity contribution is -0.137. The summed E-state index contributed by atoms with van der Waals surface area (Å²) >= 11 is 0. The van der Waals surface area contributed by atoms with Crippen LogP contribution in [0.25, 0.3) is 0 Å². The van der Waals surface area contributed by atoms with Gasteiger partial charge in [-0.15, -0.1) is 0 Å². The van der Waals surface area contributed by atoms with Gasteiger partial charge in [-0.3, -0.25) is 9.59 Å². The van der Waals surface area contributed by atoms with E-state index in [0.717, 1.165) is 61.4 Å². The molecule has 1 unspecified atom stereocenters. The van der Waals surface area contributed by atoms with E-state index in [-0.39, 0.29) is 17.5 Å². The monoisotopic (exact) mass is 481 g/mol. The molecule has 0 saturated carbocycles. The Kier molecular flexibility index (Phi) is 7.10. The van der Waals surface area contributed by atoms with Crippen molar-refractivity contribution in [1.29, 1.82) is 0 Å². The van der Waals surface area contributed by atoms with Gasteiger partial charge in [0, 0.05) is 30.0 Å². The molecule has 3 aromatic carbocycles. The molecule has 2 amide bonds. The number of rotatable bonds is 6. The Morgan fingerprint density at radius 2 is 1.54 bits per heavy atom. The number of benzene rings is 3. The van der Waals surface area contributed by atoms with E-state index < -0.39 is 17.6 Å². The highest BCUT2D eigenvalue weighted by molar-refractivity contribution is 6.06. The summed E-state index contributed by atoms with van der Waals surface area (Å²) in [5.41, 5.74) is 1.83. The number of hydrogen-bond acceptors (Lipinski definition) is 3. The molecule has 1 saturated heterocycles. The largest absolute Gasteiger partial charge is 0.416 e. The van der Waals surface area contributed by atoms with Crippen LogP contribution in [0, 0.1) is 0 Å². The molecule has 4 rings (SSSR count). The van der Waals surface area contributed by atoms with Crippen molar-refractivity contribution in [1.82, 2.24) is 5.32 Å². The summed E-state index contributed by atoms with van der Waals surface area (Å²) in [5.74, 6) is -0.828. The lowest BCUT2D eigenvalue weighted by atomic mass is 10.1. The van der Waals surface area contributed by atoms with Gasteiger partial charge >= 0.3 is 6.18 Å². The van der Waals surface area contributed by atoms with E-state index in [2.05, 4.69) is 15.5 Å². The van der Waals surface area contributed by atoms with E-state index in [4.69, 9.17) is 0 Å². The third-order valence-corrected chi connectivity index (χ3v) is 6.07. The van der Waals surface area contributed by atoms with Gasteiger partial charge in [-0.2, -0.15) is 13.2 Å². The standard InChI is InChI=1S/C27H26F3N3O2/c1-18(19-7-3-2-4-8-19)31-26(35)23-17-22(13-14-24(23)33-15-5-6-16-33)32-25(34)20-9-11-21(12-10-20)27(28,29)30/h2-4,7-14,17-18H,5-6,15-16H2,1H3,(H,31,35)(H,32,34). The van der Waals surface area contributed by atoms with Crippen molar-refractivity contribution in [3.8, 4) is 0 Å². The second-order valence-electron chi connectivity index (χ2n) is 8.56. The first-order chi connectivity index (χ1) is 16.7. The molecular formula is C27H26F3N3O2. The number of anilines is 2. The third-order valence-electron chi connectivity index (χ3n) is 6.07. The van der Waals surface area contributed by atoms with Crippen LogP contribution in [-0.2, 0) is 6.18 Å². The Balaban J connectivity index is 1.56. The summed E-state index contributed by atoms with van der Waals surface area (Å²) in [6.07, 6.45) is -2.40. The average molecular weight is 482 g/mol. The van der Waals surface area contributed by atoms with Crippen LogP contribution >= 0.6 is 0 Å². The molecule has 0 spiro atoms. The fraction of sp³-hybridized carbons (Fsp3) is 0.259. The minimum absolute atomic E-state index is 0.0883. The highest BCUT2D eigenvalue weighted by Gasteiger charge is 2.30. The highest BCUT2D eigenvalue weighted by atomic mass is 19.4. The van der Waals surface area contributed by atoms with Crippen LogP contribution in [0.5, 0.6) is 0 Å². The molecule has 1 atom stereocenters. The van der Waals surface area contributed by atoms with Crippen LogP contribution < -0.4 is 15.5 Å². The molecule has 8 heteroatoms. The van der Waals surface area contributed by atoms with Gasteiger partial charge in [0.2, 0.25) is 0 Å². The molecule has 0 aliphatic carbocycles. The summed E-state index contributed by atoms with van der Waals surface area (Å²) < 4.78 is 38.4. The maximum absolute atomic E-state index is 13.3. The minimum Gasteiger partial charge on any atom is -0.371 e. The van der Waals surface area contributed by atoms with E-state index in [0.29, 0.717) is 11.3 Å². The Bertz CT molecular complexity index is 1190. The zero-order valence-corrected chi connectivity index (χ0v) is 19.2. The van der Waals surface area contributed by atoms with E-state index in [1.807, 2.05) is 37.3 Å². The highest BCUT2D eigenvalue weighted by Crippen LogP contribution is 2.30. The van der Waals surface area contributed by atoms with Crippen molar-refractivity contribution < 1.29 is 22.8 Å². The van der Waals surface area contributed by atoms with Gasteiger partial charge in [0.05, 0.1) is 17.2 Å². The fourth-order valence-corrected chi connectivity index (χ4v) is 4.14. The van der Waals surface area contributed by atoms with Crippen molar-refractivity contribution in [2.24, 2.45) is 0 Å². The Hall–Kier alpha value is -3.81. The molecule has 182 valence electrons. The molecule has 1 aliphatic rings. The molecule has 35 heavy (non-hydrogen) atoms. The molecule has 2 N–H and O–H groups in total. The molecule has 1 fully saturated rings. The van der Waals surface area contributed by atoms with E-state index in [1.165, 1.54) is 0 Å². The zero-order chi connectivity index (χ0) is 25.0. The van der Waals surface area contributed by atoms with Crippen molar-refractivity contribution >= 4 is 23.2 Å². The number of nitrogens with one attached hydrogen (secondary N) is 2. The maximum atomic E-state index is 13.3. The second-order valence-corrected chi connectivity index (χ2v) is 8.56. The summed E-state index contributed by atoms with van der Waals surface area (Å²) in [5, 5.41) is 5.72. The van der Waals surface area contributed by atoms with E-state index >= 15 is 0 Å². The summed E-state index contributed by atoms with van der Waals surface area (Å²) in [4.78, 5) is 28.1. The average Bonchev–Trinajstić information content (AvgIpc) is 3.39. The first-order valence-electron chi connectivity index (χ1n) is 11.5. The molecule has 0 aromatic heterocycles. The number of alkyl halides is 3. The van der Waals surface area contributed by atoms with E-state index in [1.54, 1.807) is 18.2 Å². The van der Waals surface area contributed by atoms with Crippen LogP contribution in [0.2, 0.25) is 0 Å². The van der Waals surface area contributed by atoms with Crippen molar-refractivity contribution in [3.05, 3.63) is 95.1 Å². The third kappa shape index (κ3) is 5.82. The topological polar surface area (TPSA) is 61.4 Å². The van der Waals surface area contributed by atoms with Crippen LogP contribution in [0.3, 0.4) is 0 Å². The number of carbonyl (C=O) groups is 2. The van der Waals surface area contributed by atoms with Crippen LogP contribution in [-0.4, -0.2) is 24.9 Å². The Labute approximate surface area is 202 Å². The van der Waals surface area contributed by atoms with Gasteiger partial charge in [-0.1, -0.05) is 30.3 Å². The van der Waals surface area contributed by atoms with E-state index in [9.17, 15) is 22.8 Å². The van der Waals surface area contributed by atoms with Crippen LogP contribution in [0.15, 0.2) is 72.8 Å². The van der Waals surface area contributed by atoms with Gasteiger partial charge in [-0.05, 0) is 67.8 Å². The summed E-state index contributed by atoms with van der Waals surface area (Å²) in [7, 11) is 0. The predicted octanol–water partition coefficient (Wildman–Crippen LogP) is 6.05. The normalized spacial score (nSPS) is 14.5. The smallest absolute Gasteiger partial charge is 0.371 e. The van der Waals surface area contributed by atoms with Gasteiger partial charge in [-0.25, -0.2) is 0 Å². The molecule has 0 bridgehead atoms. The summed E-state index contributed by atoms with van der Waals surface area (Å²) in [6, 6.07) is 18.5. The Morgan fingerprint density at radius 3 is 2.17 bits per heavy atom. The predicted molar refractivity (Wildman–Crippen MR) is 130 cm³/mol. The quantitative estimate of drug-likeness (QED) is 0.451. The second kappa shape index (κ2) is 10.2. The maximum Gasteiger partial charge on any atom is 0.416 e. The van der Waals surface area contributed by atoms with Gasteiger partial charge in [0.15, 0.2) is 0 Å². The fourth-order valence-electron chi connectivity index (χ4n) is 4.14. The van der Waals surface area contributed by atoms with Crippen LogP contribution in [0.1, 0.15) is 57.7 Å². The van der Waals surface area contributed by atoms with Crippen molar-refractivity contribution in [3.63, 3.8) is 0 Å². The first-order valence-corrected chi connectivity index (χ1v) is 11.5. The molecule has 0 radical (unpaired) electrons. The summed E-state index contributed by atoms with van der Waals surface area (Å²) in [6.45, 7) is 3.58. The van der Waals surface area contributed by atoms with Gasteiger partial charge in [0.1, 0.15) is 0 Å². The lowest BCUT2D eigenvalue weighted by Gasteiger charge is -2.23. The van der Waals surface area contributed by atoms with Crippen molar-refractivity contribution in [2.45, 2.75) is 32.0 Å². The molecule has 5 nitrogen and oxygen atoms in total. The zero-order valence-electron chi connectivity index (χ0n) is 19.2. The van der Waals surface area contributed by atoms with Gasteiger partial charge < -0.3 is 15.5 Å². The number of hydrogen-bond donors (Lipinski definition) is 2.